The van der Waals surface area contributed by atoms with Gasteiger partial charge in [-0.05, 0) is 30.5 Å². The summed E-state index contributed by atoms with van der Waals surface area (Å²) in [5.41, 5.74) is 1.32. The molecule has 0 N–H and O–H groups in total. The van der Waals surface area contributed by atoms with E-state index in [1.54, 1.807) is 0 Å². The van der Waals surface area contributed by atoms with Gasteiger partial charge in [0, 0.05) is 29.5 Å². The maximum atomic E-state index is 6.01. The van der Waals surface area contributed by atoms with Crippen LogP contribution in [-0.4, -0.2) is 22.8 Å². The monoisotopic (exact) mass is 301 g/mol. The van der Waals surface area contributed by atoms with Crippen LogP contribution in [0.4, 0.5) is 0 Å². The fraction of sp³-hybridized carbons (Fsp3) is 0.538. The molecule has 2 rings (SSSR count). The number of rotatable bonds is 5. The minimum absolute atomic E-state index is 0.788. The summed E-state index contributed by atoms with van der Waals surface area (Å²) in [6.45, 7) is 2.15. The second-order valence-corrected chi connectivity index (χ2v) is 5.60. The lowest BCUT2D eigenvalue weighted by Crippen LogP contribution is -2.40. The van der Waals surface area contributed by atoms with E-state index in [1.165, 1.54) is 24.8 Å². The summed E-state index contributed by atoms with van der Waals surface area (Å²) in [6, 6.07) is 8.98. The number of alkyl halides is 1. The van der Waals surface area contributed by atoms with Gasteiger partial charge >= 0.3 is 0 Å². The Morgan fingerprint density at radius 3 is 2.75 bits per heavy atom. The van der Waals surface area contributed by atoms with Gasteiger partial charge < -0.3 is 0 Å². The Morgan fingerprint density at radius 2 is 2.19 bits per heavy atom. The molecule has 1 nitrogen and oxygen atoms in total. The molecule has 0 aliphatic heterocycles. The predicted octanol–water partition coefficient (Wildman–Crippen LogP) is 4.09. The third kappa shape index (κ3) is 3.22. The lowest BCUT2D eigenvalue weighted by molar-refractivity contribution is 0.128. The second-order valence-electron chi connectivity index (χ2n) is 4.37. The number of hydrogen-bond donors (Lipinski definition) is 0. The van der Waals surface area contributed by atoms with Crippen molar-refractivity contribution in [3.8, 4) is 0 Å². The van der Waals surface area contributed by atoms with Crippen molar-refractivity contribution in [2.75, 3.05) is 11.9 Å². The van der Waals surface area contributed by atoms with Crippen LogP contribution in [0, 0.1) is 0 Å². The quantitative estimate of drug-likeness (QED) is 0.741. The zero-order valence-corrected chi connectivity index (χ0v) is 11.7. The summed E-state index contributed by atoms with van der Waals surface area (Å²) >= 11 is 9.54. The normalized spacial score (nSPS) is 16.4. The third-order valence-electron chi connectivity index (χ3n) is 3.24. The molecule has 0 unspecified atom stereocenters. The number of halogens is 2. The first-order chi connectivity index (χ1) is 7.79. The summed E-state index contributed by atoms with van der Waals surface area (Å²) in [7, 11) is 0. The number of nitrogens with zero attached hydrogens (tertiary/aromatic N) is 1. The highest BCUT2D eigenvalue weighted by atomic mass is 79.9. The van der Waals surface area contributed by atoms with Crippen LogP contribution < -0.4 is 0 Å². The molecule has 0 spiro atoms. The van der Waals surface area contributed by atoms with Crippen molar-refractivity contribution in [3.63, 3.8) is 0 Å². The summed E-state index contributed by atoms with van der Waals surface area (Å²) in [4.78, 5) is 2.56. The first kappa shape index (κ1) is 12.4. The minimum Gasteiger partial charge on any atom is -0.295 e. The van der Waals surface area contributed by atoms with E-state index in [4.69, 9.17) is 11.6 Å². The van der Waals surface area contributed by atoms with E-state index in [0.717, 1.165) is 29.5 Å². The maximum Gasteiger partial charge on any atom is 0.0409 e. The van der Waals surface area contributed by atoms with E-state index in [9.17, 15) is 0 Å². The standard InChI is InChI=1S/C13H17BrClN/c14-7-8-16(13-5-2-6-13)10-11-3-1-4-12(15)9-11/h1,3-4,9,13H,2,5-8,10H2. The zero-order chi connectivity index (χ0) is 11.4. The lowest BCUT2D eigenvalue weighted by atomic mass is 9.91. The van der Waals surface area contributed by atoms with Crippen LogP contribution in [-0.2, 0) is 6.54 Å². The number of hydrogen-bond acceptors (Lipinski definition) is 1. The average Bonchev–Trinajstić information content (AvgIpc) is 2.15. The van der Waals surface area contributed by atoms with Crippen molar-refractivity contribution >= 4 is 27.5 Å². The van der Waals surface area contributed by atoms with Gasteiger partial charge in [-0.1, -0.05) is 46.1 Å². The van der Waals surface area contributed by atoms with Crippen LogP contribution in [0.1, 0.15) is 24.8 Å². The average molecular weight is 303 g/mol. The Labute approximate surface area is 111 Å². The number of benzene rings is 1. The SMILES string of the molecule is Clc1cccc(CN(CCBr)C2CCC2)c1. The van der Waals surface area contributed by atoms with Crippen molar-refractivity contribution in [2.45, 2.75) is 31.8 Å². The maximum absolute atomic E-state index is 6.01. The molecule has 0 atom stereocenters. The summed E-state index contributed by atoms with van der Waals surface area (Å²) in [5.74, 6) is 0. The van der Waals surface area contributed by atoms with Gasteiger partial charge in [0.15, 0.2) is 0 Å². The van der Waals surface area contributed by atoms with Gasteiger partial charge in [0.1, 0.15) is 0 Å². The van der Waals surface area contributed by atoms with Gasteiger partial charge in [-0.3, -0.25) is 4.90 Å². The molecular weight excluding hydrogens is 286 g/mol. The van der Waals surface area contributed by atoms with Crippen molar-refractivity contribution in [2.24, 2.45) is 0 Å². The van der Waals surface area contributed by atoms with Gasteiger partial charge in [-0.25, -0.2) is 0 Å². The van der Waals surface area contributed by atoms with Crippen LogP contribution in [0.5, 0.6) is 0 Å². The smallest absolute Gasteiger partial charge is 0.0409 e. The molecule has 0 amide bonds. The molecule has 0 saturated heterocycles. The topological polar surface area (TPSA) is 3.24 Å². The molecule has 1 aromatic carbocycles. The Kier molecular flexibility index (Phi) is 4.68. The molecular formula is C13H17BrClN. The van der Waals surface area contributed by atoms with Crippen LogP contribution in [0.15, 0.2) is 24.3 Å². The molecule has 1 saturated carbocycles. The molecule has 1 aromatic rings. The fourth-order valence-electron chi connectivity index (χ4n) is 2.12. The van der Waals surface area contributed by atoms with Gasteiger partial charge in [-0.2, -0.15) is 0 Å². The molecule has 3 heteroatoms. The largest absolute Gasteiger partial charge is 0.295 e. The molecule has 88 valence electrons. The Hall–Kier alpha value is -0.0500. The van der Waals surface area contributed by atoms with Crippen LogP contribution in [0.2, 0.25) is 5.02 Å². The highest BCUT2D eigenvalue weighted by Gasteiger charge is 2.24. The van der Waals surface area contributed by atoms with Gasteiger partial charge in [0.05, 0.1) is 0 Å². The molecule has 0 aromatic heterocycles. The van der Waals surface area contributed by atoms with E-state index in [1.807, 2.05) is 12.1 Å². The zero-order valence-electron chi connectivity index (χ0n) is 9.33. The molecule has 16 heavy (non-hydrogen) atoms. The Balaban J connectivity index is 1.98. The van der Waals surface area contributed by atoms with E-state index in [2.05, 4.69) is 33.0 Å². The summed E-state index contributed by atoms with van der Waals surface area (Å²) < 4.78 is 0. The first-order valence-corrected chi connectivity index (χ1v) is 7.34. The first-order valence-electron chi connectivity index (χ1n) is 5.84. The van der Waals surface area contributed by atoms with Crippen molar-refractivity contribution in [1.29, 1.82) is 0 Å². The highest BCUT2D eigenvalue weighted by Crippen LogP contribution is 2.26. The Bertz CT molecular complexity index is 338. The highest BCUT2D eigenvalue weighted by molar-refractivity contribution is 9.09. The lowest BCUT2D eigenvalue weighted by Gasteiger charge is -2.37. The molecule has 1 aliphatic rings. The van der Waals surface area contributed by atoms with Gasteiger partial charge in [0.25, 0.3) is 0 Å². The molecule has 0 bridgehead atoms. The van der Waals surface area contributed by atoms with E-state index in [0.29, 0.717) is 0 Å². The summed E-state index contributed by atoms with van der Waals surface area (Å²) in [5, 5.41) is 1.88. The minimum atomic E-state index is 0.788. The van der Waals surface area contributed by atoms with Crippen molar-refractivity contribution in [1.82, 2.24) is 4.90 Å². The van der Waals surface area contributed by atoms with E-state index >= 15 is 0 Å². The third-order valence-corrected chi connectivity index (χ3v) is 3.83. The Morgan fingerprint density at radius 1 is 1.38 bits per heavy atom. The van der Waals surface area contributed by atoms with Gasteiger partial charge in [-0.15, -0.1) is 0 Å². The fourth-order valence-corrected chi connectivity index (χ4v) is 2.79. The van der Waals surface area contributed by atoms with Gasteiger partial charge in [0.2, 0.25) is 0 Å². The van der Waals surface area contributed by atoms with Crippen LogP contribution in [0.3, 0.4) is 0 Å². The molecule has 0 radical (unpaired) electrons. The van der Waals surface area contributed by atoms with E-state index in [-0.39, 0.29) is 0 Å². The second kappa shape index (κ2) is 6.04. The van der Waals surface area contributed by atoms with Crippen LogP contribution in [0.25, 0.3) is 0 Å². The molecule has 0 heterocycles. The molecule has 1 fully saturated rings. The van der Waals surface area contributed by atoms with Crippen molar-refractivity contribution in [3.05, 3.63) is 34.9 Å². The summed E-state index contributed by atoms with van der Waals surface area (Å²) in [6.07, 6.45) is 4.10. The van der Waals surface area contributed by atoms with Crippen LogP contribution >= 0.6 is 27.5 Å². The predicted molar refractivity (Wildman–Crippen MR) is 73.3 cm³/mol. The molecule has 1 aliphatic carbocycles. The van der Waals surface area contributed by atoms with E-state index < -0.39 is 0 Å². The van der Waals surface area contributed by atoms with Crippen molar-refractivity contribution < 1.29 is 0 Å².